The molecule has 0 spiro atoms. The standard InChI is InChI=1S/C14H11F3N2O2/c15-10-1-2-14(19(20)21)13(8-10)18-4-3-9-5-11(16)7-12(17)6-9/h1-2,5-8,18H,3-4H2. The minimum absolute atomic E-state index is 0.0249. The number of anilines is 1. The molecule has 21 heavy (non-hydrogen) atoms. The Morgan fingerprint density at radius 3 is 2.29 bits per heavy atom. The highest BCUT2D eigenvalue weighted by atomic mass is 19.1. The summed E-state index contributed by atoms with van der Waals surface area (Å²) in [6.07, 6.45) is 0.238. The van der Waals surface area contributed by atoms with Crippen molar-refractivity contribution in [2.45, 2.75) is 6.42 Å². The van der Waals surface area contributed by atoms with Gasteiger partial charge in [0.2, 0.25) is 0 Å². The lowest BCUT2D eigenvalue weighted by molar-refractivity contribution is -0.384. The maximum atomic E-state index is 13.1. The van der Waals surface area contributed by atoms with Gasteiger partial charge in [0.1, 0.15) is 23.1 Å². The first-order chi connectivity index (χ1) is 9.95. The van der Waals surface area contributed by atoms with Crippen LogP contribution in [0.3, 0.4) is 0 Å². The fraction of sp³-hybridized carbons (Fsp3) is 0.143. The Kier molecular flexibility index (Phi) is 4.42. The Morgan fingerprint density at radius 1 is 1.00 bits per heavy atom. The van der Waals surface area contributed by atoms with Crippen LogP contribution in [0, 0.1) is 27.6 Å². The van der Waals surface area contributed by atoms with E-state index in [1.807, 2.05) is 0 Å². The van der Waals surface area contributed by atoms with Crippen molar-refractivity contribution < 1.29 is 18.1 Å². The summed E-state index contributed by atoms with van der Waals surface area (Å²) >= 11 is 0. The molecule has 0 aliphatic rings. The lowest BCUT2D eigenvalue weighted by Gasteiger charge is -2.07. The maximum absolute atomic E-state index is 13.1. The highest BCUT2D eigenvalue weighted by Crippen LogP contribution is 2.24. The number of nitrogens with one attached hydrogen (secondary N) is 1. The molecule has 0 amide bonds. The van der Waals surface area contributed by atoms with Gasteiger partial charge in [-0.15, -0.1) is 0 Å². The van der Waals surface area contributed by atoms with E-state index in [1.165, 1.54) is 12.1 Å². The molecular formula is C14H11F3N2O2. The largest absolute Gasteiger partial charge is 0.379 e. The number of hydrogen-bond donors (Lipinski definition) is 1. The first-order valence-electron chi connectivity index (χ1n) is 6.08. The molecule has 7 heteroatoms. The summed E-state index contributed by atoms with van der Waals surface area (Å²) in [7, 11) is 0. The van der Waals surface area contributed by atoms with Crippen molar-refractivity contribution in [2.75, 3.05) is 11.9 Å². The summed E-state index contributed by atoms with van der Waals surface area (Å²) in [6.45, 7) is 0.174. The Balaban J connectivity index is 2.06. The van der Waals surface area contributed by atoms with E-state index in [2.05, 4.69) is 5.32 Å². The molecule has 0 radical (unpaired) electrons. The third-order valence-corrected chi connectivity index (χ3v) is 2.81. The molecule has 2 rings (SSSR count). The Morgan fingerprint density at radius 2 is 1.67 bits per heavy atom. The lowest BCUT2D eigenvalue weighted by atomic mass is 10.1. The highest BCUT2D eigenvalue weighted by Gasteiger charge is 2.13. The van der Waals surface area contributed by atoms with Gasteiger partial charge in [0.25, 0.3) is 5.69 Å². The van der Waals surface area contributed by atoms with Crippen molar-refractivity contribution in [3.63, 3.8) is 0 Å². The van der Waals surface area contributed by atoms with Gasteiger partial charge in [0, 0.05) is 24.7 Å². The van der Waals surface area contributed by atoms with E-state index < -0.39 is 22.4 Å². The van der Waals surface area contributed by atoms with Crippen molar-refractivity contribution in [1.29, 1.82) is 0 Å². The minimum Gasteiger partial charge on any atom is -0.379 e. The predicted octanol–water partition coefficient (Wildman–Crippen LogP) is 3.67. The molecule has 0 aliphatic carbocycles. The first kappa shape index (κ1) is 14.8. The minimum atomic E-state index is -0.693. The molecule has 0 saturated carbocycles. The Bertz CT molecular complexity index is 657. The molecule has 0 heterocycles. The zero-order valence-corrected chi connectivity index (χ0v) is 10.8. The molecule has 0 fully saturated rings. The summed E-state index contributed by atoms with van der Waals surface area (Å²) in [4.78, 5) is 10.2. The summed E-state index contributed by atoms with van der Waals surface area (Å²) in [6, 6.07) is 6.15. The van der Waals surface area contributed by atoms with Crippen LogP contribution < -0.4 is 5.32 Å². The van der Waals surface area contributed by atoms with Crippen molar-refractivity contribution >= 4 is 11.4 Å². The van der Waals surface area contributed by atoms with Gasteiger partial charge in [-0.2, -0.15) is 0 Å². The summed E-state index contributed by atoms with van der Waals surface area (Å²) in [5.74, 6) is -2.00. The fourth-order valence-electron chi connectivity index (χ4n) is 1.91. The van der Waals surface area contributed by atoms with Gasteiger partial charge in [-0.05, 0) is 30.2 Å². The number of nitro groups is 1. The normalized spacial score (nSPS) is 10.4. The zero-order chi connectivity index (χ0) is 15.4. The predicted molar refractivity (Wildman–Crippen MR) is 71.6 cm³/mol. The van der Waals surface area contributed by atoms with Crippen LogP contribution >= 0.6 is 0 Å². The van der Waals surface area contributed by atoms with E-state index in [-0.39, 0.29) is 24.3 Å². The number of benzene rings is 2. The molecule has 2 aromatic rings. The SMILES string of the molecule is O=[N+]([O-])c1ccc(F)cc1NCCc1cc(F)cc(F)c1. The number of rotatable bonds is 5. The van der Waals surface area contributed by atoms with Gasteiger partial charge < -0.3 is 5.32 Å². The summed E-state index contributed by atoms with van der Waals surface area (Å²) in [5.41, 5.74) is 0.165. The number of hydrogen-bond acceptors (Lipinski definition) is 3. The zero-order valence-electron chi connectivity index (χ0n) is 10.8. The molecule has 0 saturated heterocycles. The number of nitrogens with zero attached hydrogens (tertiary/aromatic N) is 1. The Labute approximate surface area is 118 Å². The van der Waals surface area contributed by atoms with E-state index >= 15 is 0 Å². The topological polar surface area (TPSA) is 55.2 Å². The second kappa shape index (κ2) is 6.25. The molecule has 0 unspecified atom stereocenters. The number of nitro benzene ring substituents is 1. The molecule has 110 valence electrons. The Hall–Kier alpha value is -2.57. The van der Waals surface area contributed by atoms with Crippen molar-refractivity contribution in [1.82, 2.24) is 0 Å². The van der Waals surface area contributed by atoms with E-state index in [1.54, 1.807) is 0 Å². The van der Waals surface area contributed by atoms with Crippen LogP contribution in [0.2, 0.25) is 0 Å². The lowest BCUT2D eigenvalue weighted by Crippen LogP contribution is -2.07. The first-order valence-corrected chi connectivity index (χ1v) is 6.08. The van der Waals surface area contributed by atoms with Gasteiger partial charge in [-0.1, -0.05) is 0 Å². The van der Waals surface area contributed by atoms with E-state index in [9.17, 15) is 23.3 Å². The van der Waals surface area contributed by atoms with Gasteiger partial charge in [0.15, 0.2) is 0 Å². The van der Waals surface area contributed by atoms with Crippen LogP contribution in [0.1, 0.15) is 5.56 Å². The van der Waals surface area contributed by atoms with Crippen molar-refractivity contribution in [3.8, 4) is 0 Å². The quantitative estimate of drug-likeness (QED) is 0.676. The van der Waals surface area contributed by atoms with Crippen molar-refractivity contribution in [2.24, 2.45) is 0 Å². The van der Waals surface area contributed by atoms with Crippen LogP contribution in [0.5, 0.6) is 0 Å². The molecular weight excluding hydrogens is 285 g/mol. The smallest absolute Gasteiger partial charge is 0.292 e. The highest BCUT2D eigenvalue weighted by molar-refractivity contribution is 5.61. The molecule has 1 N–H and O–H groups in total. The summed E-state index contributed by atoms with van der Waals surface area (Å²) in [5, 5.41) is 13.5. The van der Waals surface area contributed by atoms with Crippen LogP contribution in [0.15, 0.2) is 36.4 Å². The molecule has 2 aromatic carbocycles. The van der Waals surface area contributed by atoms with Crippen LogP contribution in [-0.2, 0) is 6.42 Å². The monoisotopic (exact) mass is 296 g/mol. The number of halogens is 3. The van der Waals surface area contributed by atoms with E-state index in [4.69, 9.17) is 0 Å². The van der Waals surface area contributed by atoms with Gasteiger partial charge in [0.05, 0.1) is 4.92 Å². The van der Waals surface area contributed by atoms with E-state index in [0.29, 0.717) is 5.56 Å². The van der Waals surface area contributed by atoms with E-state index in [0.717, 1.165) is 24.3 Å². The second-order valence-corrected chi connectivity index (χ2v) is 4.37. The summed E-state index contributed by atoms with van der Waals surface area (Å²) < 4.78 is 39.1. The second-order valence-electron chi connectivity index (χ2n) is 4.37. The van der Waals surface area contributed by atoms with Crippen molar-refractivity contribution in [3.05, 3.63) is 69.5 Å². The molecule has 0 aliphatic heterocycles. The van der Waals surface area contributed by atoms with Gasteiger partial charge >= 0.3 is 0 Å². The molecule has 0 bridgehead atoms. The molecule has 4 nitrogen and oxygen atoms in total. The average Bonchev–Trinajstić information content (AvgIpc) is 2.37. The third-order valence-electron chi connectivity index (χ3n) is 2.81. The van der Waals surface area contributed by atoms with Crippen LogP contribution in [-0.4, -0.2) is 11.5 Å². The maximum Gasteiger partial charge on any atom is 0.292 e. The van der Waals surface area contributed by atoms with Gasteiger partial charge in [-0.25, -0.2) is 13.2 Å². The third kappa shape index (κ3) is 3.95. The molecule has 0 aromatic heterocycles. The van der Waals surface area contributed by atoms with Gasteiger partial charge in [-0.3, -0.25) is 10.1 Å². The fourth-order valence-corrected chi connectivity index (χ4v) is 1.91. The molecule has 0 atom stereocenters. The average molecular weight is 296 g/mol. The van der Waals surface area contributed by atoms with Crippen LogP contribution in [0.25, 0.3) is 0 Å². The van der Waals surface area contributed by atoms with Crippen LogP contribution in [0.4, 0.5) is 24.5 Å².